The Bertz CT molecular complexity index is 904. The van der Waals surface area contributed by atoms with Crippen molar-refractivity contribution >= 4 is 23.2 Å². The summed E-state index contributed by atoms with van der Waals surface area (Å²) in [5.41, 5.74) is 1.07. The molecular formula is C24H30N4O2S. The topological polar surface area (TPSA) is 65.5 Å². The molecule has 7 heteroatoms. The molecule has 2 amide bonds. The van der Waals surface area contributed by atoms with Crippen molar-refractivity contribution in [1.29, 1.82) is 0 Å². The number of nitrogens with zero attached hydrogens (tertiary/aromatic N) is 3. The van der Waals surface area contributed by atoms with Crippen LogP contribution in [0.5, 0.6) is 0 Å². The highest BCUT2D eigenvalue weighted by Gasteiger charge is 2.51. The second-order valence-electron chi connectivity index (χ2n) is 9.10. The van der Waals surface area contributed by atoms with Gasteiger partial charge in [0.1, 0.15) is 6.04 Å². The second-order valence-corrected chi connectivity index (χ2v) is 10.1. The van der Waals surface area contributed by atoms with Crippen molar-refractivity contribution < 1.29 is 9.59 Å². The van der Waals surface area contributed by atoms with Gasteiger partial charge in [-0.05, 0) is 55.2 Å². The highest BCUT2D eigenvalue weighted by Crippen LogP contribution is 2.42. The Balaban J connectivity index is 1.32. The Morgan fingerprint density at radius 1 is 1.19 bits per heavy atom. The lowest BCUT2D eigenvalue weighted by Gasteiger charge is -2.55. The van der Waals surface area contributed by atoms with E-state index in [9.17, 15) is 9.59 Å². The summed E-state index contributed by atoms with van der Waals surface area (Å²) in [5, 5.41) is 5.22. The molecule has 1 N–H and O–H groups in total. The Hall–Kier alpha value is -2.25. The Morgan fingerprint density at radius 2 is 2.10 bits per heavy atom. The number of thiophene rings is 1. The summed E-state index contributed by atoms with van der Waals surface area (Å²) < 4.78 is 0. The lowest BCUT2D eigenvalue weighted by molar-refractivity contribution is -0.160. The van der Waals surface area contributed by atoms with Gasteiger partial charge in [0.15, 0.2) is 0 Å². The largest absolute Gasteiger partial charge is 0.354 e. The number of likely N-dealkylation sites (tertiary alicyclic amines) is 1. The van der Waals surface area contributed by atoms with Gasteiger partial charge in [0.25, 0.3) is 0 Å². The van der Waals surface area contributed by atoms with Crippen LogP contribution in [0.25, 0.3) is 0 Å². The maximum absolute atomic E-state index is 13.4. The average Bonchev–Trinajstić information content (AvgIpc) is 3.29. The molecule has 3 aliphatic heterocycles. The van der Waals surface area contributed by atoms with Crippen LogP contribution in [0.1, 0.15) is 36.3 Å². The molecule has 164 valence electrons. The summed E-state index contributed by atoms with van der Waals surface area (Å²) in [7, 11) is 0. The van der Waals surface area contributed by atoms with Gasteiger partial charge in [-0.2, -0.15) is 0 Å². The third kappa shape index (κ3) is 4.39. The third-order valence-corrected chi connectivity index (χ3v) is 7.98. The van der Waals surface area contributed by atoms with Gasteiger partial charge in [-0.3, -0.25) is 19.5 Å². The SMILES string of the molecule is O=C(NCCc1cccs1)[C@H]1[C@@H]2C[C@@H](CN(Cc3ccccn3)C2)[C@@H]2CCCC(=O)N21. The average molecular weight is 439 g/mol. The molecule has 0 aliphatic carbocycles. The molecule has 2 aromatic heterocycles. The van der Waals surface area contributed by atoms with Crippen LogP contribution in [0.4, 0.5) is 0 Å². The van der Waals surface area contributed by atoms with E-state index in [1.807, 2.05) is 29.3 Å². The Kier molecular flexibility index (Phi) is 6.05. The van der Waals surface area contributed by atoms with Gasteiger partial charge in [0, 0.05) is 55.6 Å². The number of piperidine rings is 3. The minimum Gasteiger partial charge on any atom is -0.354 e. The van der Waals surface area contributed by atoms with E-state index < -0.39 is 0 Å². The zero-order valence-electron chi connectivity index (χ0n) is 17.8. The van der Waals surface area contributed by atoms with E-state index in [1.54, 1.807) is 11.3 Å². The van der Waals surface area contributed by atoms with E-state index in [4.69, 9.17) is 0 Å². The first-order valence-electron chi connectivity index (χ1n) is 11.4. The first-order valence-corrected chi connectivity index (χ1v) is 12.3. The molecule has 3 saturated heterocycles. The number of carbonyl (C=O) groups is 2. The van der Waals surface area contributed by atoms with E-state index in [0.29, 0.717) is 18.9 Å². The molecule has 3 fully saturated rings. The molecule has 0 unspecified atom stereocenters. The number of amides is 2. The van der Waals surface area contributed by atoms with Gasteiger partial charge >= 0.3 is 0 Å². The predicted octanol–water partition coefficient (Wildman–Crippen LogP) is 2.70. The molecule has 0 spiro atoms. The molecule has 2 bridgehead atoms. The van der Waals surface area contributed by atoms with Crippen LogP contribution in [0.15, 0.2) is 41.9 Å². The van der Waals surface area contributed by atoms with E-state index in [0.717, 1.165) is 51.0 Å². The molecule has 2 aromatic rings. The number of hydrogen-bond acceptors (Lipinski definition) is 5. The van der Waals surface area contributed by atoms with Crippen molar-refractivity contribution in [3.63, 3.8) is 0 Å². The molecule has 5 rings (SSSR count). The monoisotopic (exact) mass is 438 g/mol. The van der Waals surface area contributed by atoms with Crippen LogP contribution in [0, 0.1) is 11.8 Å². The molecular weight excluding hydrogens is 408 g/mol. The van der Waals surface area contributed by atoms with E-state index >= 15 is 0 Å². The minimum atomic E-state index is -0.344. The van der Waals surface area contributed by atoms with Gasteiger partial charge in [0.05, 0.1) is 5.69 Å². The quantitative estimate of drug-likeness (QED) is 0.753. The molecule has 6 nitrogen and oxygen atoms in total. The fourth-order valence-electron chi connectivity index (χ4n) is 5.81. The van der Waals surface area contributed by atoms with Crippen molar-refractivity contribution in [2.24, 2.45) is 11.8 Å². The van der Waals surface area contributed by atoms with Crippen LogP contribution in [0.2, 0.25) is 0 Å². The zero-order valence-corrected chi connectivity index (χ0v) is 18.6. The van der Waals surface area contributed by atoms with Crippen LogP contribution in [-0.2, 0) is 22.6 Å². The summed E-state index contributed by atoms with van der Waals surface area (Å²) in [6, 6.07) is 10.0. The van der Waals surface area contributed by atoms with Crippen LogP contribution in [0.3, 0.4) is 0 Å². The maximum Gasteiger partial charge on any atom is 0.243 e. The molecule has 4 atom stereocenters. The number of carbonyl (C=O) groups excluding carboxylic acids is 2. The van der Waals surface area contributed by atoms with Crippen LogP contribution in [-0.4, -0.2) is 58.3 Å². The minimum absolute atomic E-state index is 0.0277. The number of aromatic nitrogens is 1. The summed E-state index contributed by atoms with van der Waals surface area (Å²) in [6.07, 6.45) is 6.24. The van der Waals surface area contributed by atoms with Gasteiger partial charge < -0.3 is 10.2 Å². The van der Waals surface area contributed by atoms with E-state index in [2.05, 4.69) is 32.7 Å². The Morgan fingerprint density at radius 3 is 2.90 bits per heavy atom. The fourth-order valence-corrected chi connectivity index (χ4v) is 6.52. The predicted molar refractivity (Wildman–Crippen MR) is 120 cm³/mol. The first-order chi connectivity index (χ1) is 15.2. The van der Waals surface area contributed by atoms with Crippen molar-refractivity contribution in [2.75, 3.05) is 19.6 Å². The summed E-state index contributed by atoms with van der Waals surface area (Å²) >= 11 is 1.72. The second kappa shape index (κ2) is 9.09. The zero-order chi connectivity index (χ0) is 21.2. The van der Waals surface area contributed by atoms with Crippen LogP contribution >= 0.6 is 11.3 Å². The Labute approximate surface area is 187 Å². The number of rotatable bonds is 6. The van der Waals surface area contributed by atoms with Crippen molar-refractivity contribution in [3.05, 3.63) is 52.5 Å². The summed E-state index contributed by atoms with van der Waals surface area (Å²) in [4.78, 5) is 36.5. The molecule has 0 saturated carbocycles. The normalized spacial score (nSPS) is 28.3. The number of nitrogens with one attached hydrogen (secondary N) is 1. The smallest absolute Gasteiger partial charge is 0.243 e. The fraction of sp³-hybridized carbons (Fsp3) is 0.542. The highest BCUT2D eigenvalue weighted by atomic mass is 32.1. The summed E-state index contributed by atoms with van der Waals surface area (Å²) in [6.45, 7) is 3.25. The summed E-state index contributed by atoms with van der Waals surface area (Å²) in [5.74, 6) is 0.826. The van der Waals surface area contributed by atoms with E-state index in [-0.39, 0.29) is 29.8 Å². The maximum atomic E-state index is 13.4. The first kappa shape index (κ1) is 20.6. The lowest BCUT2D eigenvalue weighted by atomic mass is 9.71. The van der Waals surface area contributed by atoms with Crippen LogP contribution < -0.4 is 5.32 Å². The third-order valence-electron chi connectivity index (χ3n) is 7.05. The number of hydrogen-bond donors (Lipinski definition) is 1. The molecule has 0 aromatic carbocycles. The van der Waals surface area contributed by atoms with Crippen molar-refractivity contribution in [2.45, 2.75) is 50.7 Å². The highest BCUT2D eigenvalue weighted by molar-refractivity contribution is 7.09. The van der Waals surface area contributed by atoms with Gasteiger partial charge in [-0.25, -0.2) is 0 Å². The number of fused-ring (bicyclic) bond motifs is 4. The standard InChI is InChI=1S/C24H30N4O2S/c29-22-8-3-7-21-17-13-18(15-27(14-17)16-19-5-1-2-10-25-19)23(28(21)22)24(30)26-11-9-20-6-4-12-31-20/h1-2,4-6,10,12,17-18,21,23H,3,7-9,11,13-16H2,(H,26,30)/t17-,18+,21-,23+/m0/s1. The molecule has 3 aliphatic rings. The molecule has 0 radical (unpaired) electrons. The number of pyridine rings is 1. The van der Waals surface area contributed by atoms with Gasteiger partial charge in [-0.1, -0.05) is 12.1 Å². The van der Waals surface area contributed by atoms with Gasteiger partial charge in [0.2, 0.25) is 11.8 Å². The van der Waals surface area contributed by atoms with Crippen molar-refractivity contribution in [1.82, 2.24) is 20.1 Å². The molecule has 5 heterocycles. The van der Waals surface area contributed by atoms with Gasteiger partial charge in [-0.15, -0.1) is 11.3 Å². The molecule has 31 heavy (non-hydrogen) atoms. The lowest BCUT2D eigenvalue weighted by Crippen LogP contribution is -2.68. The van der Waals surface area contributed by atoms with Crippen molar-refractivity contribution in [3.8, 4) is 0 Å². The van der Waals surface area contributed by atoms with E-state index in [1.165, 1.54) is 4.88 Å².